The zero-order valence-corrected chi connectivity index (χ0v) is 57.5. The topological polar surface area (TPSA) is 859 Å². The van der Waals surface area contributed by atoms with Gasteiger partial charge >= 0.3 is 33.6 Å². The molecular formula is C54H47Cl4Co2N29O16. The van der Waals surface area contributed by atoms with Crippen molar-refractivity contribution in [2.75, 3.05) is 45.9 Å². The number of nitrogen functional groups attached to an aromatic ring is 8. The van der Waals surface area contributed by atoms with E-state index in [1.807, 2.05) is 121 Å². The summed E-state index contributed by atoms with van der Waals surface area (Å²) in [7, 11) is -19.8. The fraction of sp³-hybridized carbons (Fsp3) is 0.0185. The van der Waals surface area contributed by atoms with Crippen molar-refractivity contribution >= 4 is 47.6 Å². The molecule has 0 aliphatic heterocycles. The summed E-state index contributed by atoms with van der Waals surface area (Å²) in [5.74, 6) is 1.90. The summed E-state index contributed by atoms with van der Waals surface area (Å²) >= 11 is 0. The summed E-state index contributed by atoms with van der Waals surface area (Å²) in [5, 5.41) is 7.32. The maximum Gasteiger partial charge on any atom is 2.00 e. The maximum atomic E-state index is 8.49. The number of nitriles is 1. The Kier molecular flexibility index (Phi) is 37.2. The van der Waals surface area contributed by atoms with Crippen molar-refractivity contribution in [3.8, 4) is 97.7 Å². The molecular weight excluding hydrogens is 1570 g/mol. The average Bonchev–Trinajstić information content (AvgIpc) is 0.845. The molecule has 0 aromatic carbocycles. The van der Waals surface area contributed by atoms with Crippen LogP contribution in [0.15, 0.2) is 170 Å². The van der Waals surface area contributed by atoms with E-state index >= 15 is 0 Å². The minimum Gasteiger partial charge on any atom is -0.368 e. The minimum atomic E-state index is -4.94. The van der Waals surface area contributed by atoms with Crippen molar-refractivity contribution in [2.45, 2.75) is 6.92 Å². The van der Waals surface area contributed by atoms with Crippen molar-refractivity contribution in [3.63, 3.8) is 0 Å². The van der Waals surface area contributed by atoms with Crippen LogP contribution in [-0.4, -0.2) is 99.7 Å². The third-order valence-corrected chi connectivity index (χ3v) is 10.3. The van der Waals surface area contributed by atoms with Gasteiger partial charge in [0.2, 0.25) is 47.6 Å². The van der Waals surface area contributed by atoms with Gasteiger partial charge in [-0.15, -0.1) is 41.0 Å². The number of pyridine rings is 8. The molecule has 0 spiro atoms. The van der Waals surface area contributed by atoms with Crippen LogP contribution in [0.1, 0.15) is 6.92 Å². The van der Waals surface area contributed by atoms with Crippen LogP contribution in [0, 0.1) is 52.3 Å². The SMILES string of the molecule is CC#N.Nc1nc(N)nc(-c2cccc(-c3ccccn3)n2)n1.Nc1nc(N)nc(-c2cccc(-c3ccccn3)n2)n1.Nc1nc(N)nc(-c2cccc(-c3ccccn3)n2)n1.Nc1nc(N)nc(-c2cccc(-c3ccccn3)n2)n1.[Co+2].[Co+2].[O-][Cl+3]([O-])([O-])[O-].[O-][Cl+3]([O-])([O-])[O-].[O-][Cl+3]([O-])([O-])[O-].[O-][Cl+3]([O-])([O-])[O-]. The summed E-state index contributed by atoms with van der Waals surface area (Å²) in [6.07, 6.45) is 6.84. The predicted octanol–water partition coefficient (Wildman–Crippen LogP) is -13.9. The monoisotopic (exact) mass is 1620 g/mol. The maximum absolute atomic E-state index is 8.49. The van der Waals surface area contributed by atoms with Gasteiger partial charge in [0.1, 0.15) is 22.8 Å². The number of rotatable bonds is 8. The van der Waals surface area contributed by atoms with Gasteiger partial charge in [-0.2, -0.15) is 65.1 Å². The molecule has 0 bridgehead atoms. The Hall–Kier alpha value is -11.3. The first-order valence-electron chi connectivity index (χ1n) is 26.7. The van der Waals surface area contributed by atoms with E-state index in [9.17, 15) is 0 Å². The van der Waals surface area contributed by atoms with Crippen LogP contribution in [0.25, 0.3) is 91.6 Å². The second-order valence-electron chi connectivity index (χ2n) is 17.7. The predicted molar refractivity (Wildman–Crippen MR) is 312 cm³/mol. The van der Waals surface area contributed by atoms with E-state index < -0.39 is 41.0 Å². The summed E-state index contributed by atoms with van der Waals surface area (Å²) in [4.78, 5) is 82.1. The molecule has 105 heavy (non-hydrogen) atoms. The first-order chi connectivity index (χ1) is 48.3. The number of hydrogen-bond donors (Lipinski definition) is 8. The van der Waals surface area contributed by atoms with Gasteiger partial charge < -0.3 is 45.9 Å². The number of anilines is 8. The normalized spacial score (nSPS) is 10.3. The molecule has 550 valence electrons. The number of halogens is 4. The fourth-order valence-corrected chi connectivity index (χ4v) is 6.96. The van der Waals surface area contributed by atoms with E-state index in [1.165, 1.54) is 6.92 Å². The Bertz CT molecular complexity index is 3970. The molecule has 12 rings (SSSR count). The van der Waals surface area contributed by atoms with Crippen LogP contribution in [0.4, 0.5) is 47.6 Å². The minimum absolute atomic E-state index is 0. The van der Waals surface area contributed by atoms with Crippen molar-refractivity contribution in [1.29, 1.82) is 5.26 Å². The Morgan fingerprint density at radius 2 is 0.362 bits per heavy atom. The quantitative estimate of drug-likeness (QED) is 0.0700. The van der Waals surface area contributed by atoms with E-state index in [0.29, 0.717) is 46.1 Å². The molecule has 0 atom stereocenters. The molecule has 0 aliphatic rings. The zero-order valence-electron chi connectivity index (χ0n) is 52.4. The second-order valence-corrected chi connectivity index (χ2v) is 20.8. The largest absolute Gasteiger partial charge is 2.00 e. The van der Waals surface area contributed by atoms with Crippen LogP contribution in [0.2, 0.25) is 0 Å². The van der Waals surface area contributed by atoms with Gasteiger partial charge in [0.05, 0.1) is 51.6 Å². The van der Waals surface area contributed by atoms with E-state index in [0.717, 1.165) is 45.6 Å². The van der Waals surface area contributed by atoms with E-state index in [2.05, 4.69) is 99.7 Å². The van der Waals surface area contributed by atoms with Crippen molar-refractivity contribution in [3.05, 3.63) is 170 Å². The van der Waals surface area contributed by atoms with E-state index in [1.54, 1.807) is 55.1 Å². The van der Waals surface area contributed by atoms with E-state index in [4.69, 9.17) is 126 Å². The van der Waals surface area contributed by atoms with Crippen LogP contribution in [0.3, 0.4) is 0 Å². The van der Waals surface area contributed by atoms with Crippen molar-refractivity contribution in [1.82, 2.24) is 99.7 Å². The first kappa shape index (κ1) is 89.7. The van der Waals surface area contributed by atoms with Gasteiger partial charge in [0, 0.05) is 31.7 Å². The van der Waals surface area contributed by atoms with Gasteiger partial charge in [0.15, 0.2) is 23.3 Å². The van der Waals surface area contributed by atoms with Crippen LogP contribution in [-0.2, 0) is 33.6 Å². The molecule has 12 aromatic rings. The van der Waals surface area contributed by atoms with Crippen molar-refractivity contribution < 1.29 is 149 Å². The van der Waals surface area contributed by atoms with Crippen molar-refractivity contribution in [2.24, 2.45) is 0 Å². The molecule has 45 nitrogen and oxygen atoms in total. The summed E-state index contributed by atoms with van der Waals surface area (Å²) in [6.45, 7) is 1.43. The summed E-state index contributed by atoms with van der Waals surface area (Å²) in [6, 6.07) is 46.2. The Labute approximate surface area is 619 Å². The Balaban J connectivity index is 0.000000429. The van der Waals surface area contributed by atoms with Gasteiger partial charge in [-0.1, -0.05) is 48.5 Å². The van der Waals surface area contributed by atoms with Gasteiger partial charge in [-0.25, -0.2) is 94.5 Å². The van der Waals surface area contributed by atoms with Gasteiger partial charge in [-0.05, 0) is 97.1 Å². The van der Waals surface area contributed by atoms with Gasteiger partial charge in [0.25, 0.3) is 0 Å². The zero-order chi connectivity index (χ0) is 76.5. The molecule has 0 amide bonds. The number of hydrogen-bond acceptors (Lipinski definition) is 45. The molecule has 12 aromatic heterocycles. The fourth-order valence-electron chi connectivity index (χ4n) is 6.96. The summed E-state index contributed by atoms with van der Waals surface area (Å²) in [5.41, 5.74) is 52.7. The molecule has 51 heteroatoms. The molecule has 2 radical (unpaired) electrons. The van der Waals surface area contributed by atoms with Gasteiger partial charge in [-0.3, -0.25) is 19.9 Å². The molecule has 16 N–H and O–H groups in total. The van der Waals surface area contributed by atoms with Crippen LogP contribution in [0.5, 0.6) is 0 Å². The Morgan fingerprint density at radius 3 is 0.495 bits per heavy atom. The third kappa shape index (κ3) is 38.5. The number of aromatic nitrogens is 20. The third-order valence-electron chi connectivity index (χ3n) is 10.3. The first-order valence-corrected chi connectivity index (χ1v) is 31.7. The molecule has 0 saturated carbocycles. The molecule has 0 aliphatic carbocycles. The molecule has 0 unspecified atom stereocenters. The molecule has 0 saturated heterocycles. The van der Waals surface area contributed by atoms with E-state index in [-0.39, 0.29) is 81.1 Å². The van der Waals surface area contributed by atoms with Crippen LogP contribution < -0.4 is 120 Å². The second kappa shape index (κ2) is 43.6. The standard InChI is InChI=1S/4C13H11N7.C2H3N.4ClHO4.2Co/c4*14-12-18-11(19-13(15)20-12)10-6-3-5-9(17-10)8-4-1-2-7-16-8;1-2-3;4*2-1(3,4)5;;/h4*1-7H,(H4,14,15,18,19,20);1H3;4*(H,2,3,4,5);;/q;;;;;;;;;2*+2/p-4. The Morgan fingerprint density at radius 1 is 0.229 bits per heavy atom. The smallest absolute Gasteiger partial charge is 0.368 e. The molecule has 12 heterocycles. The number of nitrogens with two attached hydrogens (primary N) is 8. The average molecular weight is 1620 g/mol. The van der Waals surface area contributed by atoms with Crippen LogP contribution >= 0.6 is 0 Å². The number of nitrogens with zero attached hydrogens (tertiary/aromatic N) is 21. The molecule has 0 fully saturated rings. The summed E-state index contributed by atoms with van der Waals surface area (Å²) < 4.78 is 136.